The minimum atomic E-state index is -0.269. The van der Waals surface area contributed by atoms with Crippen LogP contribution in [-0.2, 0) is 10.5 Å². The number of amides is 2. The topological polar surface area (TPSA) is 75.2 Å². The highest BCUT2D eigenvalue weighted by molar-refractivity contribution is 8.00. The summed E-state index contributed by atoms with van der Waals surface area (Å²) in [7, 11) is 0. The molecule has 1 atom stereocenters. The van der Waals surface area contributed by atoms with Crippen LogP contribution in [-0.4, -0.2) is 40.0 Å². The van der Waals surface area contributed by atoms with Crippen molar-refractivity contribution in [2.45, 2.75) is 22.9 Å². The number of benzene rings is 2. The number of rotatable bonds is 6. The molecule has 0 spiro atoms. The van der Waals surface area contributed by atoms with Crippen LogP contribution in [0.15, 0.2) is 58.9 Å². The lowest BCUT2D eigenvalue weighted by molar-refractivity contribution is -0.121. The molecule has 1 saturated heterocycles. The van der Waals surface area contributed by atoms with E-state index in [1.54, 1.807) is 40.9 Å². The Bertz CT molecular complexity index is 1040. The van der Waals surface area contributed by atoms with Crippen molar-refractivity contribution < 1.29 is 9.59 Å². The smallest absolute Gasteiger partial charge is 0.253 e. The number of halogens is 1. The third-order valence-corrected chi connectivity index (χ3v) is 7.31. The molecule has 1 fully saturated rings. The lowest BCUT2D eigenvalue weighted by Crippen LogP contribution is -2.43. The van der Waals surface area contributed by atoms with E-state index >= 15 is 0 Å². The van der Waals surface area contributed by atoms with Crippen molar-refractivity contribution in [3.05, 3.63) is 70.7 Å². The zero-order chi connectivity index (χ0) is 21.6. The maximum absolute atomic E-state index is 12.8. The van der Waals surface area contributed by atoms with Gasteiger partial charge < -0.3 is 10.2 Å². The summed E-state index contributed by atoms with van der Waals surface area (Å²) in [6, 6.07) is 17.0. The second kappa shape index (κ2) is 10.3. The van der Waals surface area contributed by atoms with Crippen LogP contribution < -0.4 is 5.32 Å². The van der Waals surface area contributed by atoms with E-state index in [9.17, 15) is 9.59 Å². The Morgan fingerprint density at radius 1 is 1.13 bits per heavy atom. The third kappa shape index (κ3) is 5.84. The second-order valence-corrected chi connectivity index (χ2v) is 9.87. The van der Waals surface area contributed by atoms with E-state index in [-0.39, 0.29) is 17.7 Å². The molecule has 1 aromatic heterocycles. The summed E-state index contributed by atoms with van der Waals surface area (Å²) in [6.45, 7) is 1.03. The summed E-state index contributed by atoms with van der Waals surface area (Å²) >= 11 is 8.86. The van der Waals surface area contributed by atoms with Gasteiger partial charge in [-0.25, -0.2) is 0 Å². The zero-order valence-corrected chi connectivity index (χ0v) is 19.1. The summed E-state index contributed by atoms with van der Waals surface area (Å²) in [6.07, 6.45) is 1.52. The summed E-state index contributed by atoms with van der Waals surface area (Å²) < 4.78 is 0.808. The van der Waals surface area contributed by atoms with Gasteiger partial charge in [-0.15, -0.1) is 10.2 Å². The number of piperidine rings is 1. The van der Waals surface area contributed by atoms with Gasteiger partial charge in [0.25, 0.3) is 5.91 Å². The van der Waals surface area contributed by atoms with Crippen LogP contribution in [0.1, 0.15) is 28.8 Å². The Balaban J connectivity index is 1.31. The fourth-order valence-electron chi connectivity index (χ4n) is 3.40. The van der Waals surface area contributed by atoms with E-state index in [1.165, 1.54) is 16.9 Å². The predicted octanol–water partition coefficient (Wildman–Crippen LogP) is 4.97. The van der Waals surface area contributed by atoms with E-state index in [0.29, 0.717) is 28.8 Å². The van der Waals surface area contributed by atoms with Crippen molar-refractivity contribution in [3.63, 3.8) is 0 Å². The summed E-state index contributed by atoms with van der Waals surface area (Å²) in [4.78, 5) is 27.3. The highest BCUT2D eigenvalue weighted by Gasteiger charge is 2.29. The van der Waals surface area contributed by atoms with Gasteiger partial charge in [0, 0.05) is 29.4 Å². The number of likely N-dealkylation sites (tertiary alicyclic amines) is 1. The van der Waals surface area contributed by atoms with Crippen LogP contribution in [0.3, 0.4) is 0 Å². The number of nitrogens with zero attached hydrogens (tertiary/aromatic N) is 3. The molecule has 1 aliphatic rings. The molecule has 6 nitrogen and oxygen atoms in total. The molecular formula is C22H21ClN4O2S2. The van der Waals surface area contributed by atoms with Crippen LogP contribution >= 0.6 is 34.7 Å². The van der Waals surface area contributed by atoms with Crippen LogP contribution in [0.4, 0.5) is 5.13 Å². The molecule has 0 saturated carbocycles. The SMILES string of the molecule is O=C(Nc1nnc(SCc2ccccc2)s1)[C@H]1CCCN(C(=O)c2ccc(Cl)cc2)C1. The van der Waals surface area contributed by atoms with Gasteiger partial charge in [-0.05, 0) is 42.7 Å². The first kappa shape index (κ1) is 21.8. The first-order valence-electron chi connectivity index (χ1n) is 9.94. The summed E-state index contributed by atoms with van der Waals surface area (Å²) in [5, 5.41) is 12.2. The van der Waals surface area contributed by atoms with E-state index in [0.717, 1.165) is 22.9 Å². The molecular weight excluding hydrogens is 452 g/mol. The number of carbonyl (C=O) groups excluding carboxylic acids is 2. The quantitative estimate of drug-likeness (QED) is 0.404. The number of hydrogen-bond acceptors (Lipinski definition) is 6. The third-order valence-electron chi connectivity index (χ3n) is 5.01. The number of anilines is 1. The maximum Gasteiger partial charge on any atom is 0.253 e. The first-order valence-corrected chi connectivity index (χ1v) is 12.1. The average molecular weight is 473 g/mol. The lowest BCUT2D eigenvalue weighted by atomic mass is 9.96. The lowest BCUT2D eigenvalue weighted by Gasteiger charge is -2.32. The van der Waals surface area contributed by atoms with Gasteiger partial charge in [-0.1, -0.05) is 65.0 Å². The Morgan fingerprint density at radius 3 is 2.68 bits per heavy atom. The van der Waals surface area contributed by atoms with Crippen LogP contribution in [0.5, 0.6) is 0 Å². The molecule has 2 amide bonds. The van der Waals surface area contributed by atoms with E-state index < -0.39 is 0 Å². The van der Waals surface area contributed by atoms with Gasteiger partial charge in [0.15, 0.2) is 4.34 Å². The highest BCUT2D eigenvalue weighted by atomic mass is 35.5. The second-order valence-electron chi connectivity index (χ2n) is 7.23. The normalized spacial score (nSPS) is 16.2. The number of aromatic nitrogens is 2. The van der Waals surface area contributed by atoms with Gasteiger partial charge in [0.1, 0.15) is 0 Å². The largest absolute Gasteiger partial charge is 0.338 e. The number of carbonyl (C=O) groups is 2. The number of thioether (sulfide) groups is 1. The molecule has 9 heteroatoms. The minimum absolute atomic E-state index is 0.0790. The molecule has 0 bridgehead atoms. The number of hydrogen-bond donors (Lipinski definition) is 1. The molecule has 1 N–H and O–H groups in total. The predicted molar refractivity (Wildman–Crippen MR) is 125 cm³/mol. The molecule has 3 aromatic rings. The van der Waals surface area contributed by atoms with E-state index in [2.05, 4.69) is 27.6 Å². The Morgan fingerprint density at radius 2 is 1.90 bits per heavy atom. The van der Waals surface area contributed by atoms with Gasteiger partial charge >= 0.3 is 0 Å². The van der Waals surface area contributed by atoms with Gasteiger partial charge in [-0.3, -0.25) is 9.59 Å². The Labute approximate surface area is 194 Å². The maximum atomic E-state index is 12.8. The van der Waals surface area contributed by atoms with Crippen molar-refractivity contribution in [1.29, 1.82) is 0 Å². The van der Waals surface area contributed by atoms with Crippen LogP contribution in [0, 0.1) is 5.92 Å². The van der Waals surface area contributed by atoms with Crippen LogP contribution in [0.25, 0.3) is 0 Å². The monoisotopic (exact) mass is 472 g/mol. The van der Waals surface area contributed by atoms with E-state index in [4.69, 9.17) is 11.6 Å². The van der Waals surface area contributed by atoms with E-state index in [1.807, 2.05) is 18.2 Å². The molecule has 4 rings (SSSR count). The molecule has 2 aromatic carbocycles. The van der Waals surface area contributed by atoms with Gasteiger partial charge in [0.05, 0.1) is 5.92 Å². The molecule has 2 heterocycles. The standard InChI is InChI=1S/C22H21ClN4O2S2/c23-18-10-8-16(9-11-18)20(29)27-12-4-7-17(13-27)19(28)24-21-25-26-22(31-21)30-14-15-5-2-1-3-6-15/h1-3,5-6,8-11,17H,4,7,12-14H2,(H,24,25,28)/t17-/m0/s1. The summed E-state index contributed by atoms with van der Waals surface area (Å²) in [5.41, 5.74) is 1.79. The molecule has 0 aliphatic carbocycles. The molecule has 31 heavy (non-hydrogen) atoms. The highest BCUT2D eigenvalue weighted by Crippen LogP contribution is 2.29. The van der Waals surface area contributed by atoms with Crippen molar-refractivity contribution in [3.8, 4) is 0 Å². The van der Waals surface area contributed by atoms with Crippen molar-refractivity contribution in [1.82, 2.24) is 15.1 Å². The van der Waals surface area contributed by atoms with Gasteiger partial charge in [0.2, 0.25) is 11.0 Å². The Kier molecular flexibility index (Phi) is 7.21. The molecule has 0 radical (unpaired) electrons. The van der Waals surface area contributed by atoms with Crippen LogP contribution in [0.2, 0.25) is 5.02 Å². The average Bonchev–Trinajstić information content (AvgIpc) is 3.26. The minimum Gasteiger partial charge on any atom is -0.338 e. The molecule has 0 unspecified atom stereocenters. The Hall–Kier alpha value is -2.42. The summed E-state index contributed by atoms with van der Waals surface area (Å²) in [5.74, 6) is 0.330. The van der Waals surface area contributed by atoms with Gasteiger partial charge in [-0.2, -0.15) is 0 Å². The zero-order valence-electron chi connectivity index (χ0n) is 16.7. The molecule has 160 valence electrons. The fraction of sp³-hybridized carbons (Fsp3) is 0.273. The molecule has 1 aliphatic heterocycles. The van der Waals surface area contributed by atoms with Crippen molar-refractivity contribution in [2.75, 3.05) is 18.4 Å². The number of nitrogens with one attached hydrogen (secondary N) is 1. The first-order chi connectivity index (χ1) is 15.1. The van der Waals surface area contributed by atoms with Crippen molar-refractivity contribution in [2.24, 2.45) is 5.92 Å². The van der Waals surface area contributed by atoms with Crippen molar-refractivity contribution >= 4 is 51.6 Å². The fourth-order valence-corrected chi connectivity index (χ4v) is 5.23.